The maximum atomic E-state index is 11.5. The predicted molar refractivity (Wildman–Crippen MR) is 103 cm³/mol. The minimum Gasteiger partial charge on any atom is -0.450 e. The number of nitrogens with one attached hydrogen (secondary N) is 3. The Morgan fingerprint density at radius 1 is 1.24 bits per heavy atom. The van der Waals surface area contributed by atoms with E-state index in [1.807, 2.05) is 0 Å². The summed E-state index contributed by atoms with van der Waals surface area (Å²) < 4.78 is 2.86. The van der Waals surface area contributed by atoms with E-state index in [0.29, 0.717) is 11.3 Å². The average molecular weight is 428 g/mol. The van der Waals surface area contributed by atoms with Crippen LogP contribution in [-0.2, 0) is 4.74 Å². The van der Waals surface area contributed by atoms with Crippen LogP contribution < -0.4 is 21.7 Å². The molecule has 0 fully saturated rings. The molecule has 138 valence electrons. The van der Waals surface area contributed by atoms with Gasteiger partial charge in [-0.25, -0.2) is 4.79 Å². The van der Waals surface area contributed by atoms with E-state index in [1.54, 1.807) is 31.2 Å². The third-order valence-corrected chi connectivity index (χ3v) is 3.67. The fourth-order valence-corrected chi connectivity index (χ4v) is 2.21. The normalized spacial score (nSPS) is 12.0. The third-order valence-electron chi connectivity index (χ3n) is 2.79. The van der Waals surface area contributed by atoms with Crippen molar-refractivity contribution in [1.29, 1.82) is 0 Å². The van der Waals surface area contributed by atoms with Gasteiger partial charge in [0.2, 0.25) is 3.79 Å². The first-order valence-corrected chi connectivity index (χ1v) is 8.62. The van der Waals surface area contributed by atoms with Crippen molar-refractivity contribution in [3.05, 3.63) is 29.8 Å². The molecule has 25 heavy (non-hydrogen) atoms. The third kappa shape index (κ3) is 7.62. The number of alkyl carbamates (subject to hydrolysis) is 1. The standard InChI is InChI=1S/C14H17Cl3N4O3S/c1-2-24-13(23)21-11(14(15,16)17)20-12(25)19-9-5-3-8(4-6-9)10(22)7-18/h3-6,11H,2,7,18H2,1H3,(H,21,23)(H2,19,20,25). The molecular weight excluding hydrogens is 411 g/mol. The molecule has 0 saturated carbocycles. The molecule has 1 unspecified atom stereocenters. The first-order valence-electron chi connectivity index (χ1n) is 7.08. The molecule has 1 atom stereocenters. The van der Waals surface area contributed by atoms with Gasteiger partial charge < -0.3 is 21.1 Å². The van der Waals surface area contributed by atoms with Crippen LogP contribution in [0.15, 0.2) is 24.3 Å². The smallest absolute Gasteiger partial charge is 0.408 e. The fourth-order valence-electron chi connectivity index (χ4n) is 1.65. The van der Waals surface area contributed by atoms with Crippen molar-refractivity contribution in [3.8, 4) is 0 Å². The maximum Gasteiger partial charge on any atom is 0.408 e. The summed E-state index contributed by atoms with van der Waals surface area (Å²) in [6, 6.07) is 6.48. The Hall–Kier alpha value is -1.32. The van der Waals surface area contributed by atoms with Crippen LogP contribution in [0, 0.1) is 0 Å². The summed E-state index contributed by atoms with van der Waals surface area (Å²) in [5, 5.41) is 7.95. The number of carbonyl (C=O) groups is 2. The lowest BCUT2D eigenvalue weighted by Gasteiger charge is -2.27. The number of ether oxygens (including phenoxy) is 1. The van der Waals surface area contributed by atoms with Crippen LogP contribution in [0.4, 0.5) is 10.5 Å². The van der Waals surface area contributed by atoms with E-state index in [9.17, 15) is 9.59 Å². The number of alkyl halides is 3. The van der Waals surface area contributed by atoms with Crippen molar-refractivity contribution in [2.24, 2.45) is 5.73 Å². The number of carbonyl (C=O) groups excluding carboxylic acids is 2. The van der Waals surface area contributed by atoms with Gasteiger partial charge in [-0.1, -0.05) is 34.8 Å². The number of nitrogens with two attached hydrogens (primary N) is 1. The van der Waals surface area contributed by atoms with Crippen LogP contribution in [-0.4, -0.2) is 40.1 Å². The van der Waals surface area contributed by atoms with Gasteiger partial charge >= 0.3 is 6.09 Å². The highest BCUT2D eigenvalue weighted by Crippen LogP contribution is 2.29. The molecular formula is C14H17Cl3N4O3S. The number of benzene rings is 1. The number of amides is 1. The maximum absolute atomic E-state index is 11.5. The number of hydrogen-bond donors (Lipinski definition) is 4. The Morgan fingerprint density at radius 3 is 2.32 bits per heavy atom. The van der Waals surface area contributed by atoms with Gasteiger partial charge in [-0.15, -0.1) is 0 Å². The van der Waals surface area contributed by atoms with E-state index >= 15 is 0 Å². The lowest BCUT2D eigenvalue weighted by molar-refractivity contribution is 0.100. The summed E-state index contributed by atoms with van der Waals surface area (Å²) in [6.07, 6.45) is -1.89. The van der Waals surface area contributed by atoms with E-state index in [1.165, 1.54) is 0 Å². The largest absolute Gasteiger partial charge is 0.450 e. The van der Waals surface area contributed by atoms with Gasteiger partial charge in [0.15, 0.2) is 17.1 Å². The van der Waals surface area contributed by atoms with E-state index in [4.69, 9.17) is 57.5 Å². The Kier molecular flexibility index (Phi) is 8.67. The van der Waals surface area contributed by atoms with Gasteiger partial charge in [0, 0.05) is 11.3 Å². The number of ketones is 1. The van der Waals surface area contributed by atoms with Crippen molar-refractivity contribution in [2.75, 3.05) is 18.5 Å². The predicted octanol–water partition coefficient (Wildman–Crippen LogP) is 2.56. The molecule has 0 heterocycles. The molecule has 0 aliphatic rings. The molecule has 1 aromatic carbocycles. The highest BCUT2D eigenvalue weighted by molar-refractivity contribution is 7.80. The van der Waals surface area contributed by atoms with Crippen molar-refractivity contribution in [2.45, 2.75) is 16.9 Å². The zero-order valence-electron chi connectivity index (χ0n) is 13.1. The van der Waals surface area contributed by atoms with E-state index in [0.717, 1.165) is 0 Å². The summed E-state index contributed by atoms with van der Waals surface area (Å²) in [4.78, 5) is 23.0. The Bertz CT molecular complexity index is 623. The quantitative estimate of drug-likeness (QED) is 0.239. The van der Waals surface area contributed by atoms with Crippen LogP contribution in [0.25, 0.3) is 0 Å². The van der Waals surface area contributed by atoms with Crippen molar-refractivity contribution < 1.29 is 14.3 Å². The highest BCUT2D eigenvalue weighted by atomic mass is 35.6. The average Bonchev–Trinajstić information content (AvgIpc) is 2.53. The van der Waals surface area contributed by atoms with E-state index in [2.05, 4.69) is 16.0 Å². The van der Waals surface area contributed by atoms with Crippen LogP contribution in [0.2, 0.25) is 0 Å². The zero-order chi connectivity index (χ0) is 19.0. The van der Waals surface area contributed by atoms with Crippen LogP contribution in [0.3, 0.4) is 0 Å². The van der Waals surface area contributed by atoms with E-state index < -0.39 is 16.1 Å². The number of anilines is 1. The van der Waals surface area contributed by atoms with Gasteiger partial charge in [0.25, 0.3) is 0 Å². The topological polar surface area (TPSA) is 105 Å². The van der Waals surface area contributed by atoms with Gasteiger partial charge in [-0.05, 0) is 43.4 Å². The molecule has 0 saturated heterocycles. The molecule has 11 heteroatoms. The molecule has 7 nitrogen and oxygen atoms in total. The molecule has 0 spiro atoms. The highest BCUT2D eigenvalue weighted by Gasteiger charge is 2.35. The monoisotopic (exact) mass is 426 g/mol. The molecule has 0 aliphatic carbocycles. The van der Waals surface area contributed by atoms with Crippen molar-refractivity contribution >= 4 is 69.7 Å². The Balaban J connectivity index is 2.71. The molecule has 1 rings (SSSR count). The Morgan fingerprint density at radius 2 is 1.84 bits per heavy atom. The number of Topliss-reactive ketones (excluding diaryl/α,β-unsaturated/α-hetero) is 1. The molecule has 0 bridgehead atoms. The SMILES string of the molecule is CCOC(=O)NC(NC(=S)Nc1ccc(C(=O)CN)cc1)C(Cl)(Cl)Cl. The second-order valence-corrected chi connectivity index (χ2v) is 7.42. The van der Waals surface area contributed by atoms with Gasteiger partial charge in [-0.2, -0.15) is 0 Å². The summed E-state index contributed by atoms with van der Waals surface area (Å²) in [7, 11) is 0. The van der Waals surface area contributed by atoms with Crippen molar-refractivity contribution in [3.63, 3.8) is 0 Å². The summed E-state index contributed by atoms with van der Waals surface area (Å²) in [6.45, 7) is 1.73. The van der Waals surface area contributed by atoms with Gasteiger partial charge in [0.05, 0.1) is 13.2 Å². The number of halogens is 3. The summed E-state index contributed by atoms with van der Waals surface area (Å²) in [5.74, 6) is -0.179. The summed E-state index contributed by atoms with van der Waals surface area (Å²) in [5.41, 5.74) is 6.37. The minimum absolute atomic E-state index is 0.0722. The second-order valence-electron chi connectivity index (χ2n) is 4.64. The van der Waals surface area contributed by atoms with Gasteiger partial charge in [0.1, 0.15) is 0 Å². The van der Waals surface area contributed by atoms with Gasteiger partial charge in [-0.3, -0.25) is 10.1 Å². The lowest BCUT2D eigenvalue weighted by Crippen LogP contribution is -2.56. The van der Waals surface area contributed by atoms with Crippen LogP contribution in [0.5, 0.6) is 0 Å². The molecule has 1 amide bonds. The minimum atomic E-state index is -1.88. The number of thiocarbonyl (C=S) groups is 1. The second kappa shape index (κ2) is 9.98. The van der Waals surface area contributed by atoms with Crippen molar-refractivity contribution in [1.82, 2.24) is 10.6 Å². The molecule has 1 aromatic rings. The van der Waals surface area contributed by atoms with Crippen LogP contribution >= 0.6 is 47.0 Å². The number of hydrogen-bond acceptors (Lipinski definition) is 5. The number of rotatable bonds is 6. The summed E-state index contributed by atoms with van der Waals surface area (Å²) >= 11 is 22.6. The molecule has 0 aliphatic heterocycles. The first kappa shape index (κ1) is 21.7. The van der Waals surface area contributed by atoms with Crippen LogP contribution in [0.1, 0.15) is 17.3 Å². The molecule has 0 aromatic heterocycles. The van der Waals surface area contributed by atoms with E-state index in [-0.39, 0.29) is 24.0 Å². The molecule has 0 radical (unpaired) electrons. The fraction of sp³-hybridized carbons (Fsp3) is 0.357. The lowest BCUT2D eigenvalue weighted by atomic mass is 10.1. The molecule has 5 N–H and O–H groups in total. The first-order chi connectivity index (χ1) is 11.7. The Labute approximate surface area is 165 Å². The zero-order valence-corrected chi connectivity index (χ0v) is 16.2.